The first kappa shape index (κ1) is 18.0. The molecule has 0 bridgehead atoms. The fourth-order valence-corrected chi connectivity index (χ4v) is 3.92. The highest BCUT2D eigenvalue weighted by molar-refractivity contribution is 5.77. The van der Waals surface area contributed by atoms with Gasteiger partial charge in [-0.2, -0.15) is 0 Å². The summed E-state index contributed by atoms with van der Waals surface area (Å²) in [6, 6.07) is 8.15. The molecule has 0 unspecified atom stereocenters. The van der Waals surface area contributed by atoms with Crippen molar-refractivity contribution < 1.29 is 9.53 Å². The number of aryl methyl sites for hydroxylation is 1. The molecular formula is C21H28N4O2. The van der Waals surface area contributed by atoms with Crippen LogP contribution >= 0.6 is 0 Å². The molecule has 144 valence electrons. The van der Waals surface area contributed by atoms with E-state index in [0.717, 1.165) is 64.3 Å². The van der Waals surface area contributed by atoms with Gasteiger partial charge >= 0.3 is 0 Å². The van der Waals surface area contributed by atoms with Gasteiger partial charge in [0.15, 0.2) is 6.61 Å². The van der Waals surface area contributed by atoms with Gasteiger partial charge in [0.25, 0.3) is 5.91 Å². The Balaban J connectivity index is 1.28. The van der Waals surface area contributed by atoms with Crippen LogP contribution in [0.2, 0.25) is 0 Å². The molecule has 1 amide bonds. The number of aromatic nitrogens is 2. The van der Waals surface area contributed by atoms with Crippen LogP contribution < -0.4 is 4.74 Å². The highest BCUT2D eigenvalue weighted by atomic mass is 16.5. The molecule has 2 aliphatic heterocycles. The number of likely N-dealkylation sites (tertiary alicyclic amines) is 1. The van der Waals surface area contributed by atoms with E-state index in [9.17, 15) is 4.79 Å². The third-order valence-electron chi connectivity index (χ3n) is 5.46. The van der Waals surface area contributed by atoms with Gasteiger partial charge in [0.05, 0.1) is 12.0 Å². The number of hydrogen-bond donors (Lipinski definition) is 0. The van der Waals surface area contributed by atoms with Crippen LogP contribution in [0.15, 0.2) is 36.8 Å². The number of imidazole rings is 1. The number of carbonyl (C=O) groups is 1. The zero-order valence-electron chi connectivity index (χ0n) is 15.8. The third-order valence-corrected chi connectivity index (χ3v) is 5.46. The van der Waals surface area contributed by atoms with Crippen molar-refractivity contribution in [1.82, 2.24) is 19.4 Å². The quantitative estimate of drug-likeness (QED) is 0.814. The molecule has 1 fully saturated rings. The molecule has 6 heteroatoms. The van der Waals surface area contributed by atoms with E-state index in [1.807, 2.05) is 29.6 Å². The van der Waals surface area contributed by atoms with Crippen LogP contribution in [0.25, 0.3) is 0 Å². The highest BCUT2D eigenvalue weighted by Gasteiger charge is 2.17. The number of ether oxygens (including phenoxy) is 1. The number of hydrogen-bond acceptors (Lipinski definition) is 4. The Bertz CT molecular complexity index is 750. The third kappa shape index (κ3) is 4.69. The lowest BCUT2D eigenvalue weighted by molar-refractivity contribution is -0.134. The summed E-state index contributed by atoms with van der Waals surface area (Å²) in [5, 5.41) is 0. The second kappa shape index (κ2) is 8.57. The number of nitrogens with zero attached hydrogens (tertiary/aromatic N) is 4. The summed E-state index contributed by atoms with van der Waals surface area (Å²) in [4.78, 5) is 20.8. The molecule has 1 saturated heterocycles. The molecule has 2 aliphatic rings. The molecule has 2 aromatic rings. The molecule has 1 aromatic carbocycles. The maximum atomic E-state index is 12.2. The summed E-state index contributed by atoms with van der Waals surface area (Å²) >= 11 is 0. The fourth-order valence-electron chi connectivity index (χ4n) is 3.92. The first-order chi connectivity index (χ1) is 13.3. The van der Waals surface area contributed by atoms with Crippen molar-refractivity contribution in [3.63, 3.8) is 0 Å². The average Bonchev–Trinajstić information content (AvgIpc) is 3.06. The van der Waals surface area contributed by atoms with Gasteiger partial charge in [-0.1, -0.05) is 12.1 Å². The van der Waals surface area contributed by atoms with Crippen LogP contribution in [-0.2, 0) is 24.4 Å². The molecular weight excluding hydrogens is 340 g/mol. The molecule has 4 rings (SSSR count). The first-order valence-electron chi connectivity index (χ1n) is 9.99. The van der Waals surface area contributed by atoms with Gasteiger partial charge < -0.3 is 14.2 Å². The SMILES string of the molecule is O=C(COc1ccc(CN2CCCn3cncc3C2)cc1)N1CCCCC1. The largest absolute Gasteiger partial charge is 0.484 e. The van der Waals surface area contributed by atoms with Gasteiger partial charge in [0.1, 0.15) is 5.75 Å². The van der Waals surface area contributed by atoms with E-state index in [0.29, 0.717) is 0 Å². The maximum absolute atomic E-state index is 12.2. The van der Waals surface area contributed by atoms with E-state index in [2.05, 4.69) is 26.6 Å². The lowest BCUT2D eigenvalue weighted by Crippen LogP contribution is -2.38. The second-order valence-electron chi connectivity index (χ2n) is 7.52. The Morgan fingerprint density at radius 3 is 2.63 bits per heavy atom. The summed E-state index contributed by atoms with van der Waals surface area (Å²) in [5.74, 6) is 0.859. The van der Waals surface area contributed by atoms with Gasteiger partial charge in [0.2, 0.25) is 0 Å². The van der Waals surface area contributed by atoms with Crippen molar-refractivity contribution in [2.75, 3.05) is 26.2 Å². The second-order valence-corrected chi connectivity index (χ2v) is 7.52. The van der Waals surface area contributed by atoms with Crippen LogP contribution in [0, 0.1) is 0 Å². The Morgan fingerprint density at radius 2 is 1.81 bits per heavy atom. The van der Waals surface area contributed by atoms with Crippen molar-refractivity contribution in [2.45, 2.75) is 45.3 Å². The number of amides is 1. The van der Waals surface area contributed by atoms with Gasteiger partial charge in [-0.05, 0) is 43.4 Å². The van der Waals surface area contributed by atoms with E-state index in [-0.39, 0.29) is 12.5 Å². The molecule has 0 saturated carbocycles. The van der Waals surface area contributed by atoms with E-state index in [1.165, 1.54) is 17.7 Å². The maximum Gasteiger partial charge on any atom is 0.260 e. The Labute approximate surface area is 160 Å². The number of piperidine rings is 1. The number of rotatable bonds is 5. The van der Waals surface area contributed by atoms with Crippen LogP contribution in [0.3, 0.4) is 0 Å². The Hall–Kier alpha value is -2.34. The summed E-state index contributed by atoms with van der Waals surface area (Å²) in [5.41, 5.74) is 2.54. The monoisotopic (exact) mass is 368 g/mol. The lowest BCUT2D eigenvalue weighted by atomic mass is 10.1. The minimum Gasteiger partial charge on any atom is -0.484 e. The first-order valence-corrected chi connectivity index (χ1v) is 9.99. The predicted octanol–water partition coefficient (Wildman–Crippen LogP) is 2.68. The summed E-state index contributed by atoms with van der Waals surface area (Å²) in [6.07, 6.45) is 8.48. The van der Waals surface area contributed by atoms with E-state index < -0.39 is 0 Å². The smallest absolute Gasteiger partial charge is 0.260 e. The van der Waals surface area contributed by atoms with Crippen molar-refractivity contribution >= 4 is 5.91 Å². The van der Waals surface area contributed by atoms with E-state index in [4.69, 9.17) is 4.74 Å². The number of fused-ring (bicyclic) bond motifs is 1. The van der Waals surface area contributed by atoms with Crippen LogP contribution in [0.1, 0.15) is 36.9 Å². The molecule has 1 aromatic heterocycles. The standard InChI is InChI=1S/C21H28N4O2/c26-21(24-10-2-1-3-11-24)16-27-20-7-5-18(6-8-20)14-23-9-4-12-25-17-22-13-19(25)15-23/h5-8,13,17H,1-4,9-12,14-16H2. The minimum atomic E-state index is 0.0972. The number of benzene rings is 1. The summed E-state index contributed by atoms with van der Waals surface area (Å²) < 4.78 is 7.95. The normalized spacial score (nSPS) is 18.0. The van der Waals surface area contributed by atoms with Crippen molar-refractivity contribution in [3.8, 4) is 5.75 Å². The zero-order chi connectivity index (χ0) is 18.5. The lowest BCUT2D eigenvalue weighted by Gasteiger charge is -2.26. The Kier molecular flexibility index (Phi) is 5.72. The summed E-state index contributed by atoms with van der Waals surface area (Å²) in [7, 11) is 0. The molecule has 0 spiro atoms. The Morgan fingerprint density at radius 1 is 1.00 bits per heavy atom. The minimum absolute atomic E-state index is 0.0972. The van der Waals surface area contributed by atoms with E-state index >= 15 is 0 Å². The predicted molar refractivity (Wildman–Crippen MR) is 103 cm³/mol. The molecule has 0 aliphatic carbocycles. The van der Waals surface area contributed by atoms with Gasteiger partial charge in [0, 0.05) is 45.5 Å². The zero-order valence-corrected chi connectivity index (χ0v) is 15.8. The van der Waals surface area contributed by atoms with Crippen LogP contribution in [0.4, 0.5) is 0 Å². The van der Waals surface area contributed by atoms with Crippen molar-refractivity contribution in [3.05, 3.63) is 48.0 Å². The van der Waals surface area contributed by atoms with Crippen molar-refractivity contribution in [1.29, 1.82) is 0 Å². The van der Waals surface area contributed by atoms with Crippen molar-refractivity contribution in [2.24, 2.45) is 0 Å². The highest BCUT2D eigenvalue weighted by Crippen LogP contribution is 2.18. The van der Waals surface area contributed by atoms with Gasteiger partial charge in [-0.3, -0.25) is 9.69 Å². The molecule has 3 heterocycles. The van der Waals surface area contributed by atoms with Crippen LogP contribution in [-0.4, -0.2) is 51.5 Å². The molecule has 0 atom stereocenters. The molecule has 0 radical (unpaired) electrons. The van der Waals surface area contributed by atoms with Gasteiger partial charge in [-0.15, -0.1) is 0 Å². The van der Waals surface area contributed by atoms with E-state index in [1.54, 1.807) is 0 Å². The average molecular weight is 368 g/mol. The summed E-state index contributed by atoms with van der Waals surface area (Å²) in [6.45, 7) is 5.86. The molecule has 0 N–H and O–H groups in total. The molecule has 27 heavy (non-hydrogen) atoms. The fraction of sp³-hybridized carbons (Fsp3) is 0.524. The number of carbonyl (C=O) groups excluding carboxylic acids is 1. The van der Waals surface area contributed by atoms with Gasteiger partial charge in [-0.25, -0.2) is 4.98 Å². The topological polar surface area (TPSA) is 50.6 Å². The van der Waals surface area contributed by atoms with Crippen LogP contribution in [0.5, 0.6) is 5.75 Å². The molecule has 6 nitrogen and oxygen atoms in total.